The highest BCUT2D eigenvalue weighted by molar-refractivity contribution is 5.95. The summed E-state index contributed by atoms with van der Waals surface area (Å²) in [5, 5.41) is 10.1. The molecule has 5 heteroatoms. The number of aliphatic hydroxyl groups excluding tert-OH is 1. The molecule has 2 atom stereocenters. The van der Waals surface area contributed by atoms with E-state index in [-0.39, 0.29) is 30.0 Å². The van der Waals surface area contributed by atoms with Crippen molar-refractivity contribution in [2.45, 2.75) is 30.3 Å². The van der Waals surface area contributed by atoms with Crippen molar-refractivity contribution >= 4 is 5.91 Å². The average Bonchev–Trinajstić information content (AvgIpc) is 3.49. The molecule has 0 bridgehead atoms. The third-order valence-electron chi connectivity index (χ3n) is 6.58. The van der Waals surface area contributed by atoms with E-state index >= 15 is 0 Å². The zero-order chi connectivity index (χ0) is 18.4. The summed E-state index contributed by atoms with van der Waals surface area (Å²) in [4.78, 5) is 21.3. The Hall–Kier alpha value is -2.24. The number of amides is 1. The van der Waals surface area contributed by atoms with Gasteiger partial charge in [-0.05, 0) is 36.5 Å². The second kappa shape index (κ2) is 6.43. The highest BCUT2D eigenvalue weighted by Gasteiger charge is 2.66. The predicted molar refractivity (Wildman–Crippen MR) is 102 cm³/mol. The lowest BCUT2D eigenvalue weighted by Gasteiger charge is -2.71. The molecule has 2 aromatic rings. The normalized spacial score (nSPS) is 26.5. The summed E-state index contributed by atoms with van der Waals surface area (Å²) in [7, 11) is 0. The van der Waals surface area contributed by atoms with E-state index in [2.05, 4.69) is 34.1 Å². The van der Waals surface area contributed by atoms with Crippen molar-refractivity contribution in [1.82, 2.24) is 14.8 Å². The van der Waals surface area contributed by atoms with E-state index in [9.17, 15) is 9.90 Å². The molecule has 3 fully saturated rings. The van der Waals surface area contributed by atoms with Crippen molar-refractivity contribution < 1.29 is 9.90 Å². The molecule has 2 aliphatic heterocycles. The summed E-state index contributed by atoms with van der Waals surface area (Å²) < 4.78 is 0. The summed E-state index contributed by atoms with van der Waals surface area (Å²) >= 11 is 0. The van der Waals surface area contributed by atoms with Gasteiger partial charge in [-0.25, -0.2) is 0 Å². The van der Waals surface area contributed by atoms with E-state index < -0.39 is 0 Å². The van der Waals surface area contributed by atoms with Crippen molar-refractivity contribution in [3.8, 4) is 0 Å². The first-order valence-electron chi connectivity index (χ1n) is 9.85. The van der Waals surface area contributed by atoms with E-state index in [4.69, 9.17) is 0 Å². The number of pyridine rings is 1. The summed E-state index contributed by atoms with van der Waals surface area (Å²) in [6.45, 7) is 2.69. The van der Waals surface area contributed by atoms with E-state index in [0.29, 0.717) is 5.56 Å². The summed E-state index contributed by atoms with van der Waals surface area (Å²) in [6, 6.07) is 14.2. The molecule has 27 heavy (non-hydrogen) atoms. The van der Waals surface area contributed by atoms with Crippen LogP contribution in [0.3, 0.4) is 0 Å². The molecule has 5 rings (SSSR count). The Balaban J connectivity index is 1.40. The van der Waals surface area contributed by atoms with Crippen LogP contribution in [0.5, 0.6) is 0 Å². The Morgan fingerprint density at radius 1 is 1.11 bits per heavy atom. The molecule has 0 radical (unpaired) electrons. The number of rotatable bonds is 5. The molecule has 5 nitrogen and oxygen atoms in total. The van der Waals surface area contributed by atoms with Gasteiger partial charge in [-0.1, -0.05) is 30.3 Å². The van der Waals surface area contributed by atoms with E-state index in [1.807, 2.05) is 11.0 Å². The van der Waals surface area contributed by atoms with Gasteiger partial charge in [-0.2, -0.15) is 0 Å². The number of hydrogen-bond donors (Lipinski definition) is 1. The van der Waals surface area contributed by atoms with Gasteiger partial charge in [0, 0.05) is 49.6 Å². The molecule has 1 N–H and O–H groups in total. The average molecular weight is 363 g/mol. The van der Waals surface area contributed by atoms with Gasteiger partial charge in [0.25, 0.3) is 5.91 Å². The Bertz CT molecular complexity index is 816. The summed E-state index contributed by atoms with van der Waals surface area (Å²) in [6.07, 6.45) is 5.92. The number of carbonyl (C=O) groups excluding carboxylic acids is 1. The van der Waals surface area contributed by atoms with Crippen LogP contribution in [0, 0.1) is 5.92 Å². The van der Waals surface area contributed by atoms with Gasteiger partial charge < -0.3 is 10.0 Å². The van der Waals surface area contributed by atoms with Crippen LogP contribution in [-0.4, -0.2) is 63.6 Å². The lowest BCUT2D eigenvalue weighted by atomic mass is 9.60. The Morgan fingerprint density at radius 2 is 1.81 bits per heavy atom. The summed E-state index contributed by atoms with van der Waals surface area (Å²) in [5.41, 5.74) is 1.95. The lowest BCUT2D eigenvalue weighted by molar-refractivity contribution is -0.180. The van der Waals surface area contributed by atoms with Gasteiger partial charge in [0.05, 0.1) is 12.1 Å². The van der Waals surface area contributed by atoms with Gasteiger partial charge in [0.1, 0.15) is 0 Å². The lowest BCUT2D eigenvalue weighted by Crippen LogP contribution is -2.85. The van der Waals surface area contributed by atoms with Crippen molar-refractivity contribution in [3.05, 3.63) is 66.0 Å². The van der Waals surface area contributed by atoms with Crippen LogP contribution in [0.1, 0.15) is 34.7 Å². The minimum Gasteiger partial charge on any atom is -0.395 e. The number of nitrogens with zero attached hydrogens (tertiary/aromatic N) is 3. The molecule has 140 valence electrons. The molecular weight excluding hydrogens is 338 g/mol. The SMILES string of the molecule is O=C(c1ccncc1)N1CC2(C1)[C@@H](c1ccccc1)[C@@H](CO)N2CC1CC1. The molecule has 3 heterocycles. The van der Waals surface area contributed by atoms with Gasteiger partial charge in [-0.15, -0.1) is 0 Å². The van der Waals surface area contributed by atoms with Crippen LogP contribution in [0.2, 0.25) is 0 Å². The Kier molecular flexibility index (Phi) is 4.02. The Labute approximate surface area is 159 Å². The number of benzene rings is 1. The van der Waals surface area contributed by atoms with Crippen molar-refractivity contribution in [2.24, 2.45) is 5.92 Å². The van der Waals surface area contributed by atoms with Gasteiger partial charge in [-0.3, -0.25) is 14.7 Å². The van der Waals surface area contributed by atoms with E-state index in [1.54, 1.807) is 24.5 Å². The van der Waals surface area contributed by atoms with Crippen molar-refractivity contribution in [1.29, 1.82) is 0 Å². The topological polar surface area (TPSA) is 56.7 Å². The third-order valence-corrected chi connectivity index (χ3v) is 6.58. The molecule has 1 amide bonds. The largest absolute Gasteiger partial charge is 0.395 e. The highest BCUT2D eigenvalue weighted by Crippen LogP contribution is 2.55. The monoisotopic (exact) mass is 363 g/mol. The Morgan fingerprint density at radius 3 is 2.44 bits per heavy atom. The van der Waals surface area contributed by atoms with Crippen LogP contribution in [-0.2, 0) is 0 Å². The molecule has 1 aromatic carbocycles. The number of aromatic nitrogens is 1. The first kappa shape index (κ1) is 16.9. The number of likely N-dealkylation sites (tertiary alicyclic amines) is 2. The molecule has 1 saturated carbocycles. The summed E-state index contributed by atoms with van der Waals surface area (Å²) in [5.74, 6) is 1.12. The second-order valence-corrected chi connectivity index (χ2v) is 8.23. The maximum Gasteiger partial charge on any atom is 0.254 e. The molecule has 0 unspecified atom stereocenters. The van der Waals surface area contributed by atoms with Crippen molar-refractivity contribution in [3.63, 3.8) is 0 Å². The molecule has 1 aromatic heterocycles. The third kappa shape index (κ3) is 2.68. The van der Waals surface area contributed by atoms with Crippen LogP contribution in [0.15, 0.2) is 54.9 Å². The zero-order valence-corrected chi connectivity index (χ0v) is 15.4. The zero-order valence-electron chi connectivity index (χ0n) is 15.4. The first-order chi connectivity index (χ1) is 13.2. The molecule has 1 aliphatic carbocycles. The minimum absolute atomic E-state index is 0.0277. The second-order valence-electron chi connectivity index (χ2n) is 8.23. The fourth-order valence-electron chi connectivity index (χ4n) is 5.07. The number of aliphatic hydroxyl groups is 1. The highest BCUT2D eigenvalue weighted by atomic mass is 16.3. The molecule has 1 spiro atoms. The molecule has 2 saturated heterocycles. The van der Waals surface area contributed by atoms with Crippen LogP contribution >= 0.6 is 0 Å². The van der Waals surface area contributed by atoms with Gasteiger partial charge in [0.2, 0.25) is 0 Å². The van der Waals surface area contributed by atoms with Crippen LogP contribution in [0.25, 0.3) is 0 Å². The predicted octanol–water partition coefficient (Wildman–Crippen LogP) is 2.15. The fourth-order valence-corrected chi connectivity index (χ4v) is 5.07. The fraction of sp³-hybridized carbons (Fsp3) is 0.455. The van der Waals surface area contributed by atoms with Crippen molar-refractivity contribution in [2.75, 3.05) is 26.2 Å². The number of hydrogen-bond acceptors (Lipinski definition) is 4. The van der Waals surface area contributed by atoms with Crippen LogP contribution in [0.4, 0.5) is 0 Å². The first-order valence-corrected chi connectivity index (χ1v) is 9.85. The van der Waals surface area contributed by atoms with Gasteiger partial charge >= 0.3 is 0 Å². The van der Waals surface area contributed by atoms with E-state index in [1.165, 1.54) is 18.4 Å². The maximum atomic E-state index is 12.8. The number of carbonyl (C=O) groups is 1. The van der Waals surface area contributed by atoms with Gasteiger partial charge in [0.15, 0.2) is 0 Å². The minimum atomic E-state index is -0.0277. The standard InChI is InChI=1S/C22H25N3O2/c26-13-19-20(17-4-2-1-3-5-17)22(25(19)12-16-6-7-16)14-24(15-22)21(27)18-8-10-23-11-9-18/h1-5,8-11,16,19-20,26H,6-7,12-15H2/t19-,20+/m1/s1. The smallest absolute Gasteiger partial charge is 0.254 e. The van der Waals surface area contributed by atoms with E-state index in [0.717, 1.165) is 25.6 Å². The molecular formula is C22H25N3O2. The van der Waals surface area contributed by atoms with Crippen LogP contribution < -0.4 is 0 Å². The maximum absolute atomic E-state index is 12.8. The molecule has 3 aliphatic rings. The quantitative estimate of drug-likeness (QED) is 0.884.